The highest BCUT2D eigenvalue weighted by Crippen LogP contribution is 2.29. The highest BCUT2D eigenvalue weighted by Gasteiger charge is 2.34. The van der Waals surface area contributed by atoms with Gasteiger partial charge < -0.3 is 9.52 Å². The van der Waals surface area contributed by atoms with Crippen molar-refractivity contribution in [3.63, 3.8) is 0 Å². The van der Waals surface area contributed by atoms with E-state index in [2.05, 4.69) is 0 Å². The minimum Gasteiger partial charge on any atom is -0.478 e. The number of hydrogen-bond acceptors (Lipinski definition) is 4. The summed E-state index contributed by atoms with van der Waals surface area (Å²) in [5.41, 5.74) is -0.271. The second kappa shape index (κ2) is 4.82. The number of sulfonamides is 1. The average molecular weight is 285 g/mol. The molecule has 7 heteroatoms. The lowest BCUT2D eigenvalue weighted by Gasteiger charge is -2.22. The van der Waals surface area contributed by atoms with Gasteiger partial charge in [0.15, 0.2) is 0 Å². The van der Waals surface area contributed by atoms with Crippen LogP contribution >= 0.6 is 0 Å². The maximum absolute atomic E-state index is 12.5. The summed E-state index contributed by atoms with van der Waals surface area (Å²) in [6.07, 6.45) is 4.28. The fraction of sp³-hybridized carbons (Fsp3) is 0.417. The monoisotopic (exact) mass is 285 g/mol. The topological polar surface area (TPSA) is 87.8 Å². The fourth-order valence-corrected chi connectivity index (χ4v) is 3.97. The molecule has 0 saturated carbocycles. The summed E-state index contributed by atoms with van der Waals surface area (Å²) >= 11 is 0. The highest BCUT2D eigenvalue weighted by atomic mass is 32.2. The van der Waals surface area contributed by atoms with Gasteiger partial charge in [0, 0.05) is 13.1 Å². The predicted octanol–water partition coefficient (Wildman–Crippen LogP) is 1.55. The number of carbonyl (C=O) groups is 1. The second-order valence-electron chi connectivity index (χ2n) is 4.35. The van der Waals surface area contributed by atoms with Crippen molar-refractivity contribution in [1.82, 2.24) is 4.31 Å². The molecule has 2 rings (SSSR count). The first-order chi connectivity index (χ1) is 8.85. The molecular formula is C12H15NO5S. The molecule has 0 unspecified atom stereocenters. The van der Waals surface area contributed by atoms with E-state index in [-0.39, 0.29) is 28.5 Å². The number of carboxylic acid groups (broad SMARTS) is 1. The molecule has 1 aliphatic rings. The third kappa shape index (κ3) is 2.31. The minimum absolute atomic E-state index is 0.108. The number of rotatable bonds is 3. The van der Waals surface area contributed by atoms with Crippen molar-refractivity contribution in [1.29, 1.82) is 0 Å². The Hall–Kier alpha value is -1.60. The van der Waals surface area contributed by atoms with E-state index in [1.165, 1.54) is 18.2 Å². The molecule has 0 aliphatic carbocycles. The van der Waals surface area contributed by atoms with Crippen LogP contribution < -0.4 is 0 Å². The quantitative estimate of drug-likeness (QED) is 0.851. The summed E-state index contributed by atoms with van der Waals surface area (Å²) in [6, 6.07) is 0. The Labute approximate surface area is 111 Å². The maximum atomic E-state index is 12.5. The molecule has 6 nitrogen and oxygen atoms in total. The van der Waals surface area contributed by atoms with Crippen molar-refractivity contribution in [3.8, 4) is 0 Å². The lowest BCUT2D eigenvalue weighted by atomic mass is 10.2. The molecule has 104 valence electrons. The van der Waals surface area contributed by atoms with Crippen LogP contribution in [0.3, 0.4) is 0 Å². The molecule has 0 radical (unpaired) electrons. The first-order valence-corrected chi connectivity index (χ1v) is 7.28. The van der Waals surface area contributed by atoms with Crippen LogP contribution in [0.15, 0.2) is 21.5 Å². The summed E-state index contributed by atoms with van der Waals surface area (Å²) in [5.74, 6) is -1.07. The fourth-order valence-electron chi connectivity index (χ4n) is 2.19. The van der Waals surface area contributed by atoms with Gasteiger partial charge in [0.05, 0.1) is 0 Å². The van der Waals surface area contributed by atoms with Crippen molar-refractivity contribution < 1.29 is 22.7 Å². The van der Waals surface area contributed by atoms with Gasteiger partial charge in [0.2, 0.25) is 10.0 Å². The van der Waals surface area contributed by atoms with Gasteiger partial charge in [-0.15, -0.1) is 0 Å². The van der Waals surface area contributed by atoms with Crippen LogP contribution in [0.1, 0.15) is 28.3 Å². The number of carboxylic acids is 1. The van der Waals surface area contributed by atoms with Gasteiger partial charge in [-0.1, -0.05) is 12.2 Å². The van der Waals surface area contributed by atoms with Crippen LogP contribution in [0, 0.1) is 13.8 Å². The van der Waals surface area contributed by atoms with E-state index in [1.807, 2.05) is 6.08 Å². The summed E-state index contributed by atoms with van der Waals surface area (Å²) in [7, 11) is -3.84. The van der Waals surface area contributed by atoms with Crippen molar-refractivity contribution in [2.24, 2.45) is 0 Å². The Kier molecular flexibility index (Phi) is 3.51. The van der Waals surface area contributed by atoms with Crippen LogP contribution in [0.2, 0.25) is 0 Å². The second-order valence-corrected chi connectivity index (χ2v) is 6.22. The van der Waals surface area contributed by atoms with E-state index < -0.39 is 16.0 Å². The van der Waals surface area contributed by atoms with Crippen molar-refractivity contribution >= 4 is 16.0 Å². The molecule has 0 bridgehead atoms. The molecule has 2 heterocycles. The molecule has 1 N–H and O–H groups in total. The molecule has 0 spiro atoms. The lowest BCUT2D eigenvalue weighted by molar-refractivity contribution is 0.0691. The highest BCUT2D eigenvalue weighted by molar-refractivity contribution is 7.89. The number of hydrogen-bond donors (Lipinski definition) is 1. The van der Waals surface area contributed by atoms with E-state index in [1.54, 1.807) is 6.08 Å². The van der Waals surface area contributed by atoms with E-state index in [0.717, 1.165) is 0 Å². The zero-order valence-electron chi connectivity index (χ0n) is 10.7. The predicted molar refractivity (Wildman–Crippen MR) is 67.7 cm³/mol. The van der Waals surface area contributed by atoms with Gasteiger partial charge in [-0.2, -0.15) is 4.31 Å². The zero-order valence-corrected chi connectivity index (χ0v) is 11.5. The van der Waals surface area contributed by atoms with Crippen LogP contribution in [0.5, 0.6) is 0 Å². The summed E-state index contributed by atoms with van der Waals surface area (Å²) < 4.78 is 31.5. The zero-order chi connectivity index (χ0) is 14.2. The van der Waals surface area contributed by atoms with Gasteiger partial charge >= 0.3 is 5.97 Å². The molecule has 0 saturated heterocycles. The third-order valence-electron chi connectivity index (χ3n) is 3.04. The first kappa shape index (κ1) is 13.8. The smallest absolute Gasteiger partial charge is 0.340 e. The minimum atomic E-state index is -3.84. The standard InChI is InChI=1S/C12H15NO5S/c1-8-10(12(14)15)11(9(2)18-8)19(16,17)13-6-4-3-5-7-13/h3-4H,5-7H2,1-2H3,(H,14,15). The number of nitrogens with zero attached hydrogens (tertiary/aromatic N) is 1. The Morgan fingerprint density at radius 1 is 1.32 bits per heavy atom. The summed E-state index contributed by atoms with van der Waals surface area (Å²) in [5, 5.41) is 9.16. The van der Waals surface area contributed by atoms with Gasteiger partial charge in [-0.05, 0) is 20.3 Å². The lowest BCUT2D eigenvalue weighted by Crippen LogP contribution is -2.34. The van der Waals surface area contributed by atoms with Crippen LogP contribution in [0.4, 0.5) is 0 Å². The average Bonchev–Trinajstić information content (AvgIpc) is 2.66. The van der Waals surface area contributed by atoms with Gasteiger partial charge in [-0.3, -0.25) is 0 Å². The third-order valence-corrected chi connectivity index (χ3v) is 5.06. The molecule has 0 atom stereocenters. The van der Waals surface area contributed by atoms with E-state index in [9.17, 15) is 13.2 Å². The molecular weight excluding hydrogens is 270 g/mol. The van der Waals surface area contributed by atoms with E-state index in [4.69, 9.17) is 9.52 Å². The summed E-state index contributed by atoms with van der Waals surface area (Å²) in [6.45, 7) is 3.52. The Morgan fingerprint density at radius 2 is 2.00 bits per heavy atom. The molecule has 1 aromatic rings. The Bertz CT molecular complexity index is 641. The van der Waals surface area contributed by atoms with Crippen LogP contribution in [-0.4, -0.2) is 36.9 Å². The molecule has 0 amide bonds. The van der Waals surface area contributed by atoms with E-state index >= 15 is 0 Å². The molecule has 0 aromatic carbocycles. The number of furan rings is 1. The largest absolute Gasteiger partial charge is 0.478 e. The van der Waals surface area contributed by atoms with Crippen molar-refractivity contribution in [2.75, 3.05) is 13.1 Å². The molecule has 19 heavy (non-hydrogen) atoms. The van der Waals surface area contributed by atoms with E-state index in [0.29, 0.717) is 13.0 Å². The first-order valence-electron chi connectivity index (χ1n) is 5.84. The maximum Gasteiger partial charge on any atom is 0.340 e. The van der Waals surface area contributed by atoms with Gasteiger partial charge in [-0.25, -0.2) is 13.2 Å². The molecule has 1 aliphatic heterocycles. The molecule has 1 aromatic heterocycles. The Balaban J connectivity index is 2.57. The van der Waals surface area contributed by atoms with Gasteiger partial charge in [0.1, 0.15) is 22.0 Å². The van der Waals surface area contributed by atoms with Gasteiger partial charge in [0.25, 0.3) is 0 Å². The number of aryl methyl sites for hydroxylation is 2. The molecule has 0 fully saturated rings. The van der Waals surface area contributed by atoms with Crippen molar-refractivity contribution in [2.45, 2.75) is 25.2 Å². The SMILES string of the molecule is Cc1oc(C)c(S(=O)(=O)N2CC=CCC2)c1C(=O)O. The van der Waals surface area contributed by atoms with Crippen LogP contribution in [-0.2, 0) is 10.0 Å². The number of aromatic carboxylic acids is 1. The summed E-state index contributed by atoms with van der Waals surface area (Å²) in [4.78, 5) is 11.0. The Morgan fingerprint density at radius 3 is 2.53 bits per heavy atom. The van der Waals surface area contributed by atoms with Crippen molar-refractivity contribution in [3.05, 3.63) is 29.2 Å². The normalized spacial score (nSPS) is 16.7. The van der Waals surface area contributed by atoms with Crippen LogP contribution in [0.25, 0.3) is 0 Å².